The molecule has 0 radical (unpaired) electrons. The number of rotatable bonds is 5. The standard InChI is InChI=1S/C14H21NO3/c1-12-3-2-4-14(9-12)18-11-13(16)10-15-5-7-17-8-6-15/h2-4,9,13,16H,5-8,10-11H2,1H3/p+1/t13-/m0/s1. The van der Waals surface area contributed by atoms with E-state index in [2.05, 4.69) is 0 Å². The second-order valence-electron chi connectivity index (χ2n) is 4.85. The second kappa shape index (κ2) is 6.73. The van der Waals surface area contributed by atoms with Gasteiger partial charge in [0.1, 0.15) is 38.1 Å². The summed E-state index contributed by atoms with van der Waals surface area (Å²) in [6.45, 7) is 6.65. The van der Waals surface area contributed by atoms with Crippen LogP contribution in [0.5, 0.6) is 5.75 Å². The van der Waals surface area contributed by atoms with Gasteiger partial charge in [-0.25, -0.2) is 0 Å². The molecule has 18 heavy (non-hydrogen) atoms. The number of nitrogens with one attached hydrogen (secondary N) is 1. The number of morpholine rings is 1. The highest BCUT2D eigenvalue weighted by molar-refractivity contribution is 5.27. The van der Waals surface area contributed by atoms with Gasteiger partial charge in [0.05, 0.1) is 13.2 Å². The fraction of sp³-hybridized carbons (Fsp3) is 0.571. The van der Waals surface area contributed by atoms with E-state index in [1.807, 2.05) is 31.2 Å². The molecule has 4 nitrogen and oxygen atoms in total. The molecule has 1 aromatic carbocycles. The van der Waals surface area contributed by atoms with Crippen LogP contribution >= 0.6 is 0 Å². The van der Waals surface area contributed by atoms with Crippen LogP contribution in [0.25, 0.3) is 0 Å². The van der Waals surface area contributed by atoms with Crippen molar-refractivity contribution in [3.8, 4) is 5.75 Å². The molecule has 1 heterocycles. The van der Waals surface area contributed by atoms with Crippen molar-refractivity contribution >= 4 is 0 Å². The Balaban J connectivity index is 1.72. The van der Waals surface area contributed by atoms with Crippen LogP contribution in [0.4, 0.5) is 0 Å². The smallest absolute Gasteiger partial charge is 0.137 e. The first-order valence-electron chi connectivity index (χ1n) is 6.53. The minimum absolute atomic E-state index is 0.355. The van der Waals surface area contributed by atoms with Crippen molar-refractivity contribution in [1.82, 2.24) is 0 Å². The number of aryl methyl sites for hydroxylation is 1. The van der Waals surface area contributed by atoms with Gasteiger partial charge in [0.15, 0.2) is 0 Å². The Morgan fingerprint density at radius 1 is 1.39 bits per heavy atom. The van der Waals surface area contributed by atoms with Crippen LogP contribution in [0, 0.1) is 6.92 Å². The highest BCUT2D eigenvalue weighted by atomic mass is 16.5. The van der Waals surface area contributed by atoms with E-state index in [-0.39, 0.29) is 0 Å². The average molecular weight is 252 g/mol. The summed E-state index contributed by atoms with van der Waals surface area (Å²) in [6.07, 6.45) is -0.418. The molecule has 2 N–H and O–H groups in total. The molecule has 1 aliphatic rings. The van der Waals surface area contributed by atoms with E-state index in [4.69, 9.17) is 9.47 Å². The number of hydrogen-bond acceptors (Lipinski definition) is 3. The largest absolute Gasteiger partial charge is 0.491 e. The molecule has 1 atom stereocenters. The highest BCUT2D eigenvalue weighted by Crippen LogP contribution is 2.12. The van der Waals surface area contributed by atoms with Crippen molar-refractivity contribution in [2.45, 2.75) is 13.0 Å². The second-order valence-corrected chi connectivity index (χ2v) is 4.85. The van der Waals surface area contributed by atoms with Crippen molar-refractivity contribution in [2.75, 3.05) is 39.5 Å². The summed E-state index contributed by atoms with van der Waals surface area (Å²) < 4.78 is 10.9. The lowest BCUT2D eigenvalue weighted by Crippen LogP contribution is -3.15. The Labute approximate surface area is 108 Å². The summed E-state index contributed by atoms with van der Waals surface area (Å²) >= 11 is 0. The van der Waals surface area contributed by atoms with Crippen molar-refractivity contribution in [3.63, 3.8) is 0 Å². The highest BCUT2D eigenvalue weighted by Gasteiger charge is 2.18. The summed E-state index contributed by atoms with van der Waals surface area (Å²) in [7, 11) is 0. The van der Waals surface area contributed by atoms with E-state index < -0.39 is 6.10 Å². The van der Waals surface area contributed by atoms with Crippen LogP contribution in [-0.2, 0) is 4.74 Å². The molecule has 2 rings (SSSR count). The van der Waals surface area contributed by atoms with Gasteiger partial charge < -0.3 is 19.5 Å². The first-order valence-corrected chi connectivity index (χ1v) is 6.53. The minimum Gasteiger partial charge on any atom is -0.491 e. The molecular weight excluding hydrogens is 230 g/mol. The lowest BCUT2D eigenvalue weighted by atomic mass is 10.2. The third-order valence-corrected chi connectivity index (χ3v) is 3.16. The average Bonchev–Trinajstić information content (AvgIpc) is 2.38. The number of hydrogen-bond donors (Lipinski definition) is 2. The number of aliphatic hydroxyl groups is 1. The van der Waals surface area contributed by atoms with Crippen molar-refractivity contribution in [2.24, 2.45) is 0 Å². The number of benzene rings is 1. The molecule has 0 amide bonds. The van der Waals surface area contributed by atoms with Gasteiger partial charge in [-0.15, -0.1) is 0 Å². The molecule has 0 aliphatic carbocycles. The fourth-order valence-corrected chi connectivity index (χ4v) is 2.15. The van der Waals surface area contributed by atoms with Crippen molar-refractivity contribution in [3.05, 3.63) is 29.8 Å². The Morgan fingerprint density at radius 3 is 2.89 bits per heavy atom. The molecule has 100 valence electrons. The summed E-state index contributed by atoms with van der Waals surface area (Å²) in [4.78, 5) is 1.39. The third kappa shape index (κ3) is 4.29. The molecule has 1 fully saturated rings. The van der Waals surface area contributed by atoms with Crippen LogP contribution in [0.15, 0.2) is 24.3 Å². The lowest BCUT2D eigenvalue weighted by Gasteiger charge is -2.25. The lowest BCUT2D eigenvalue weighted by molar-refractivity contribution is -0.911. The number of quaternary nitrogens is 1. The van der Waals surface area contributed by atoms with Gasteiger partial charge >= 0.3 is 0 Å². The van der Waals surface area contributed by atoms with Gasteiger partial charge in [-0.05, 0) is 24.6 Å². The molecule has 1 saturated heterocycles. The first-order chi connectivity index (χ1) is 8.74. The van der Waals surface area contributed by atoms with E-state index in [1.165, 1.54) is 10.5 Å². The predicted octanol–water partition coefficient (Wildman–Crippen LogP) is -0.350. The quantitative estimate of drug-likeness (QED) is 0.753. The van der Waals surface area contributed by atoms with Crippen molar-refractivity contribution < 1.29 is 19.5 Å². The Bertz CT molecular complexity index is 364. The number of ether oxygens (including phenoxy) is 2. The maximum atomic E-state index is 9.95. The fourth-order valence-electron chi connectivity index (χ4n) is 2.15. The first kappa shape index (κ1) is 13.3. The van der Waals surface area contributed by atoms with E-state index in [1.54, 1.807) is 0 Å². The molecule has 0 aromatic heterocycles. The minimum atomic E-state index is -0.418. The van der Waals surface area contributed by atoms with Crippen molar-refractivity contribution in [1.29, 1.82) is 0 Å². The van der Waals surface area contributed by atoms with Crippen LogP contribution in [0.1, 0.15) is 5.56 Å². The molecule has 0 unspecified atom stereocenters. The van der Waals surface area contributed by atoms with E-state index in [9.17, 15) is 5.11 Å². The molecule has 4 heteroatoms. The van der Waals surface area contributed by atoms with Crippen LogP contribution in [0.2, 0.25) is 0 Å². The molecule has 1 aliphatic heterocycles. The van der Waals surface area contributed by atoms with E-state index in [0.717, 1.165) is 38.6 Å². The summed E-state index contributed by atoms with van der Waals surface area (Å²) in [5, 5.41) is 9.95. The summed E-state index contributed by atoms with van der Waals surface area (Å²) in [5.74, 6) is 0.825. The van der Waals surface area contributed by atoms with Gasteiger partial charge in [-0.1, -0.05) is 12.1 Å². The zero-order valence-corrected chi connectivity index (χ0v) is 10.9. The summed E-state index contributed by atoms with van der Waals surface area (Å²) in [5.41, 5.74) is 1.17. The maximum Gasteiger partial charge on any atom is 0.137 e. The third-order valence-electron chi connectivity index (χ3n) is 3.16. The van der Waals surface area contributed by atoms with Crippen LogP contribution in [-0.4, -0.2) is 50.7 Å². The maximum absolute atomic E-state index is 9.95. The summed E-state index contributed by atoms with van der Waals surface area (Å²) in [6, 6.07) is 7.89. The van der Waals surface area contributed by atoms with Gasteiger partial charge in [-0.2, -0.15) is 0 Å². The Kier molecular flexibility index (Phi) is 4.99. The molecule has 0 bridgehead atoms. The predicted molar refractivity (Wildman–Crippen MR) is 69.1 cm³/mol. The van der Waals surface area contributed by atoms with Gasteiger partial charge in [-0.3, -0.25) is 0 Å². The van der Waals surface area contributed by atoms with Gasteiger partial charge in [0, 0.05) is 0 Å². The van der Waals surface area contributed by atoms with Crippen LogP contribution in [0.3, 0.4) is 0 Å². The normalized spacial score (nSPS) is 18.6. The van der Waals surface area contributed by atoms with E-state index >= 15 is 0 Å². The van der Waals surface area contributed by atoms with Crippen LogP contribution < -0.4 is 9.64 Å². The molecule has 0 saturated carbocycles. The van der Waals surface area contributed by atoms with Gasteiger partial charge in [0.2, 0.25) is 0 Å². The zero-order valence-electron chi connectivity index (χ0n) is 10.9. The Morgan fingerprint density at radius 2 is 2.17 bits per heavy atom. The monoisotopic (exact) mass is 252 g/mol. The van der Waals surface area contributed by atoms with E-state index in [0.29, 0.717) is 6.61 Å². The SMILES string of the molecule is Cc1cccc(OC[C@@H](O)C[NH+]2CCOCC2)c1. The topological polar surface area (TPSA) is 43.1 Å². The Hall–Kier alpha value is -1.10. The van der Waals surface area contributed by atoms with Gasteiger partial charge in [0.25, 0.3) is 0 Å². The number of aliphatic hydroxyl groups excluding tert-OH is 1. The molecule has 1 aromatic rings. The molecule has 0 spiro atoms. The zero-order chi connectivity index (χ0) is 12.8. The molecular formula is C14H22NO3+.